The van der Waals surface area contributed by atoms with Gasteiger partial charge in [0.2, 0.25) is 0 Å². The van der Waals surface area contributed by atoms with E-state index in [0.717, 1.165) is 11.5 Å². The third-order valence-electron chi connectivity index (χ3n) is 2.33. The number of hydrogen-bond donors (Lipinski definition) is 0. The van der Waals surface area contributed by atoms with Crippen LogP contribution in [0.5, 0.6) is 0 Å². The molecule has 0 saturated heterocycles. The highest BCUT2D eigenvalue weighted by Gasteiger charge is 2.31. The van der Waals surface area contributed by atoms with Gasteiger partial charge in [0.15, 0.2) is 6.29 Å². The lowest BCUT2D eigenvalue weighted by Crippen LogP contribution is -2.11. The summed E-state index contributed by atoms with van der Waals surface area (Å²) in [4.78, 5) is 10.9. The SMILES string of the molecule is O=Cc1c(-c2ccccc2)nsc1CC(F)(F)F. The van der Waals surface area contributed by atoms with Crippen LogP contribution in [-0.4, -0.2) is 16.8 Å². The predicted molar refractivity (Wildman–Crippen MR) is 62.7 cm³/mol. The van der Waals surface area contributed by atoms with Crippen molar-refractivity contribution in [2.24, 2.45) is 0 Å². The summed E-state index contributed by atoms with van der Waals surface area (Å²) >= 11 is 0.721. The van der Waals surface area contributed by atoms with Crippen LogP contribution in [0.1, 0.15) is 15.2 Å². The molecule has 0 saturated carbocycles. The van der Waals surface area contributed by atoms with Gasteiger partial charge in [0.1, 0.15) is 0 Å². The topological polar surface area (TPSA) is 30.0 Å². The number of carbonyl (C=O) groups is 1. The van der Waals surface area contributed by atoms with Crippen LogP contribution in [0.25, 0.3) is 11.3 Å². The molecule has 94 valence electrons. The van der Waals surface area contributed by atoms with Crippen molar-refractivity contribution in [1.29, 1.82) is 0 Å². The first-order valence-electron chi connectivity index (χ1n) is 5.07. The molecule has 18 heavy (non-hydrogen) atoms. The van der Waals surface area contributed by atoms with Gasteiger partial charge in [-0.05, 0) is 11.5 Å². The number of alkyl halides is 3. The Morgan fingerprint density at radius 3 is 2.44 bits per heavy atom. The Morgan fingerprint density at radius 1 is 1.22 bits per heavy atom. The number of aromatic nitrogens is 1. The number of halogens is 3. The van der Waals surface area contributed by atoms with Crippen LogP contribution in [0, 0.1) is 0 Å². The van der Waals surface area contributed by atoms with E-state index in [0.29, 0.717) is 17.5 Å². The van der Waals surface area contributed by atoms with Crippen LogP contribution < -0.4 is 0 Å². The molecule has 0 bridgehead atoms. The Hall–Kier alpha value is -1.69. The zero-order valence-electron chi connectivity index (χ0n) is 9.07. The molecule has 0 N–H and O–H groups in total. The second kappa shape index (κ2) is 4.89. The van der Waals surface area contributed by atoms with Crippen molar-refractivity contribution < 1.29 is 18.0 Å². The fourth-order valence-electron chi connectivity index (χ4n) is 1.57. The summed E-state index contributed by atoms with van der Waals surface area (Å²) in [5, 5.41) is 0. The molecule has 2 rings (SSSR count). The first-order chi connectivity index (χ1) is 8.51. The maximum absolute atomic E-state index is 12.3. The smallest absolute Gasteiger partial charge is 0.298 e. The van der Waals surface area contributed by atoms with Crippen LogP contribution in [-0.2, 0) is 6.42 Å². The van der Waals surface area contributed by atoms with Crippen LogP contribution >= 0.6 is 11.5 Å². The number of hydrogen-bond acceptors (Lipinski definition) is 3. The Bertz CT molecular complexity index is 548. The standard InChI is InChI=1S/C12H8F3NOS/c13-12(14,15)6-10-9(7-17)11(16-18-10)8-4-2-1-3-5-8/h1-5,7H,6H2. The summed E-state index contributed by atoms with van der Waals surface area (Å²) < 4.78 is 40.9. The Morgan fingerprint density at radius 2 is 1.89 bits per heavy atom. The molecule has 0 unspecified atom stereocenters. The molecule has 0 amide bonds. The Labute approximate surface area is 105 Å². The van der Waals surface area contributed by atoms with E-state index in [1.165, 1.54) is 0 Å². The van der Waals surface area contributed by atoms with E-state index in [-0.39, 0.29) is 10.4 Å². The molecule has 0 aliphatic rings. The molecule has 0 aliphatic carbocycles. The lowest BCUT2D eigenvalue weighted by Gasteiger charge is -2.04. The van der Waals surface area contributed by atoms with Crippen molar-refractivity contribution in [3.05, 3.63) is 40.8 Å². The van der Waals surface area contributed by atoms with Gasteiger partial charge in [-0.1, -0.05) is 30.3 Å². The highest BCUT2D eigenvalue weighted by atomic mass is 32.1. The molecule has 1 aromatic heterocycles. The number of nitrogens with zero attached hydrogens (tertiary/aromatic N) is 1. The highest BCUT2D eigenvalue weighted by Crippen LogP contribution is 2.31. The van der Waals surface area contributed by atoms with E-state index < -0.39 is 12.6 Å². The molecule has 1 heterocycles. The first-order valence-corrected chi connectivity index (χ1v) is 5.84. The van der Waals surface area contributed by atoms with Gasteiger partial charge in [-0.15, -0.1) is 0 Å². The monoisotopic (exact) mass is 271 g/mol. The fourth-order valence-corrected chi connectivity index (χ4v) is 2.44. The lowest BCUT2D eigenvalue weighted by atomic mass is 10.1. The van der Waals surface area contributed by atoms with Crippen molar-refractivity contribution in [2.45, 2.75) is 12.6 Å². The second-order valence-corrected chi connectivity index (χ2v) is 4.50. The number of aldehydes is 1. The summed E-state index contributed by atoms with van der Waals surface area (Å²) in [6.45, 7) is 0. The summed E-state index contributed by atoms with van der Waals surface area (Å²) in [6.07, 6.45) is -5.02. The normalized spacial score (nSPS) is 11.5. The largest absolute Gasteiger partial charge is 0.393 e. The van der Waals surface area contributed by atoms with Crippen LogP contribution in [0.4, 0.5) is 13.2 Å². The van der Waals surface area contributed by atoms with Crippen LogP contribution in [0.2, 0.25) is 0 Å². The van der Waals surface area contributed by atoms with Gasteiger partial charge in [-0.2, -0.15) is 17.5 Å². The zero-order valence-corrected chi connectivity index (χ0v) is 9.89. The first kappa shape index (κ1) is 12.8. The van der Waals surface area contributed by atoms with Gasteiger partial charge in [0, 0.05) is 10.4 Å². The molecule has 0 spiro atoms. The van der Waals surface area contributed by atoms with Gasteiger partial charge in [0.05, 0.1) is 17.7 Å². The summed E-state index contributed by atoms with van der Waals surface area (Å²) in [5.74, 6) is 0. The minimum absolute atomic E-state index is 0.0310. The van der Waals surface area contributed by atoms with E-state index in [1.54, 1.807) is 30.3 Å². The van der Waals surface area contributed by atoms with Gasteiger partial charge in [-0.25, -0.2) is 0 Å². The van der Waals surface area contributed by atoms with Crippen molar-refractivity contribution in [1.82, 2.24) is 4.37 Å². The van der Waals surface area contributed by atoms with E-state index in [9.17, 15) is 18.0 Å². The van der Waals surface area contributed by atoms with Gasteiger partial charge in [-0.3, -0.25) is 4.79 Å². The van der Waals surface area contributed by atoms with Crippen molar-refractivity contribution in [3.8, 4) is 11.3 Å². The van der Waals surface area contributed by atoms with E-state index in [1.807, 2.05) is 0 Å². The molecule has 2 aromatic rings. The third-order valence-corrected chi connectivity index (χ3v) is 3.19. The average Bonchev–Trinajstić information content (AvgIpc) is 2.70. The molecule has 0 aliphatic heterocycles. The quantitative estimate of drug-likeness (QED) is 0.796. The molecular formula is C12H8F3NOS. The molecule has 1 aromatic carbocycles. The van der Waals surface area contributed by atoms with Gasteiger partial charge >= 0.3 is 6.18 Å². The summed E-state index contributed by atoms with van der Waals surface area (Å²) in [5.41, 5.74) is 0.989. The third kappa shape index (κ3) is 2.76. The molecule has 0 fully saturated rings. The second-order valence-electron chi connectivity index (χ2n) is 3.64. The van der Waals surface area contributed by atoms with Crippen molar-refractivity contribution in [3.63, 3.8) is 0 Å². The molecular weight excluding hydrogens is 263 g/mol. The van der Waals surface area contributed by atoms with E-state index >= 15 is 0 Å². The zero-order chi connectivity index (χ0) is 13.2. The fraction of sp³-hybridized carbons (Fsp3) is 0.167. The molecule has 6 heteroatoms. The maximum atomic E-state index is 12.3. The van der Waals surface area contributed by atoms with Gasteiger partial charge < -0.3 is 0 Å². The van der Waals surface area contributed by atoms with E-state index in [2.05, 4.69) is 4.37 Å². The van der Waals surface area contributed by atoms with Crippen LogP contribution in [0.3, 0.4) is 0 Å². The molecule has 2 nitrogen and oxygen atoms in total. The maximum Gasteiger partial charge on any atom is 0.393 e. The predicted octanol–water partition coefficient (Wildman–Crippen LogP) is 3.73. The molecule has 0 atom stereocenters. The molecule has 0 radical (unpaired) electrons. The number of rotatable bonds is 3. The minimum Gasteiger partial charge on any atom is -0.298 e. The van der Waals surface area contributed by atoms with Gasteiger partial charge in [0.25, 0.3) is 0 Å². The lowest BCUT2D eigenvalue weighted by molar-refractivity contribution is -0.126. The van der Waals surface area contributed by atoms with E-state index in [4.69, 9.17) is 0 Å². The van der Waals surface area contributed by atoms with Crippen molar-refractivity contribution in [2.75, 3.05) is 0 Å². The highest BCUT2D eigenvalue weighted by molar-refractivity contribution is 7.06. The Balaban J connectivity index is 2.43. The minimum atomic E-state index is -4.34. The average molecular weight is 271 g/mol. The number of carbonyl (C=O) groups excluding carboxylic acids is 1. The summed E-state index contributed by atoms with van der Waals surface area (Å²) in [6, 6.07) is 8.69. The van der Waals surface area contributed by atoms with Crippen LogP contribution in [0.15, 0.2) is 30.3 Å². The van der Waals surface area contributed by atoms with Crippen molar-refractivity contribution >= 4 is 17.8 Å². The summed E-state index contributed by atoms with van der Waals surface area (Å²) in [7, 11) is 0. The number of benzene rings is 1. The Kier molecular flexibility index (Phi) is 3.47.